The summed E-state index contributed by atoms with van der Waals surface area (Å²) in [6.45, 7) is 9.99. The molecule has 0 bridgehead atoms. The standard InChI is InChI=1S/C16H28N2/c1-4-6-10-18(11-7-5-2)13-15-9-8-14(3)16(17)12-15/h8-9,12H,4-7,10-11,13,17H2,1-3H3. The van der Waals surface area contributed by atoms with E-state index >= 15 is 0 Å². The first-order valence-electron chi connectivity index (χ1n) is 7.24. The highest BCUT2D eigenvalue weighted by molar-refractivity contribution is 5.48. The van der Waals surface area contributed by atoms with Gasteiger partial charge in [-0.15, -0.1) is 0 Å². The zero-order valence-electron chi connectivity index (χ0n) is 12.2. The molecule has 102 valence electrons. The van der Waals surface area contributed by atoms with E-state index in [0.717, 1.165) is 12.2 Å². The number of nitrogen functional groups attached to an aromatic ring is 1. The smallest absolute Gasteiger partial charge is 0.0346 e. The molecule has 1 aromatic carbocycles. The fraction of sp³-hybridized carbons (Fsp3) is 0.625. The highest BCUT2D eigenvalue weighted by Crippen LogP contribution is 2.15. The van der Waals surface area contributed by atoms with Gasteiger partial charge in [0.1, 0.15) is 0 Å². The van der Waals surface area contributed by atoms with Crippen LogP contribution in [0.3, 0.4) is 0 Å². The number of nitrogens with zero attached hydrogens (tertiary/aromatic N) is 1. The molecule has 0 amide bonds. The van der Waals surface area contributed by atoms with Crippen LogP contribution in [0.1, 0.15) is 50.7 Å². The van der Waals surface area contributed by atoms with E-state index in [4.69, 9.17) is 5.73 Å². The van der Waals surface area contributed by atoms with Crippen molar-refractivity contribution in [2.45, 2.75) is 53.0 Å². The summed E-state index contributed by atoms with van der Waals surface area (Å²) in [6, 6.07) is 6.46. The minimum absolute atomic E-state index is 0.915. The Kier molecular flexibility index (Phi) is 6.81. The Bertz CT molecular complexity index is 339. The highest BCUT2D eigenvalue weighted by Gasteiger charge is 2.06. The third-order valence-electron chi connectivity index (χ3n) is 3.41. The van der Waals surface area contributed by atoms with E-state index in [-0.39, 0.29) is 0 Å². The lowest BCUT2D eigenvalue weighted by Gasteiger charge is -2.22. The van der Waals surface area contributed by atoms with Crippen LogP contribution in [0.25, 0.3) is 0 Å². The molecule has 1 rings (SSSR count). The first-order valence-corrected chi connectivity index (χ1v) is 7.24. The minimum atomic E-state index is 0.915. The van der Waals surface area contributed by atoms with Gasteiger partial charge in [-0.25, -0.2) is 0 Å². The number of hydrogen-bond donors (Lipinski definition) is 1. The van der Waals surface area contributed by atoms with Gasteiger partial charge < -0.3 is 5.73 Å². The van der Waals surface area contributed by atoms with Gasteiger partial charge in [0.15, 0.2) is 0 Å². The van der Waals surface area contributed by atoms with Gasteiger partial charge in [0.25, 0.3) is 0 Å². The maximum absolute atomic E-state index is 5.98. The minimum Gasteiger partial charge on any atom is -0.399 e. The number of nitrogens with two attached hydrogens (primary N) is 1. The van der Waals surface area contributed by atoms with Gasteiger partial charge in [-0.2, -0.15) is 0 Å². The maximum Gasteiger partial charge on any atom is 0.0346 e. The molecule has 0 spiro atoms. The average molecular weight is 248 g/mol. The predicted octanol–water partition coefficient (Wildman–Crippen LogP) is 3.98. The van der Waals surface area contributed by atoms with Gasteiger partial charge in [0.05, 0.1) is 0 Å². The van der Waals surface area contributed by atoms with Gasteiger partial charge in [0.2, 0.25) is 0 Å². The van der Waals surface area contributed by atoms with E-state index in [9.17, 15) is 0 Å². The molecule has 18 heavy (non-hydrogen) atoms. The van der Waals surface area contributed by atoms with Crippen LogP contribution in [0.5, 0.6) is 0 Å². The Hall–Kier alpha value is -1.02. The molecule has 2 heteroatoms. The Morgan fingerprint density at radius 2 is 1.67 bits per heavy atom. The van der Waals surface area contributed by atoms with Crippen LogP contribution < -0.4 is 5.73 Å². The van der Waals surface area contributed by atoms with Crippen LogP contribution in [0, 0.1) is 6.92 Å². The third-order valence-corrected chi connectivity index (χ3v) is 3.41. The second-order valence-electron chi connectivity index (χ2n) is 5.17. The van der Waals surface area contributed by atoms with Gasteiger partial charge in [0, 0.05) is 12.2 Å². The molecule has 0 saturated carbocycles. The van der Waals surface area contributed by atoms with Gasteiger partial charge in [-0.1, -0.05) is 38.8 Å². The van der Waals surface area contributed by atoms with Gasteiger partial charge in [-0.3, -0.25) is 4.90 Å². The van der Waals surface area contributed by atoms with Crippen molar-refractivity contribution in [3.8, 4) is 0 Å². The van der Waals surface area contributed by atoms with Crippen LogP contribution in [-0.2, 0) is 6.54 Å². The quantitative estimate of drug-likeness (QED) is 0.705. The fourth-order valence-corrected chi connectivity index (χ4v) is 2.08. The summed E-state index contributed by atoms with van der Waals surface area (Å²) in [5.41, 5.74) is 9.41. The second-order valence-corrected chi connectivity index (χ2v) is 5.17. The Balaban J connectivity index is 2.59. The zero-order valence-corrected chi connectivity index (χ0v) is 12.2. The third kappa shape index (κ3) is 5.09. The molecule has 0 aliphatic rings. The first-order chi connectivity index (χ1) is 8.67. The van der Waals surface area contributed by atoms with Crippen LogP contribution >= 0.6 is 0 Å². The summed E-state index contributed by atoms with van der Waals surface area (Å²) in [6.07, 6.45) is 5.09. The fourth-order valence-electron chi connectivity index (χ4n) is 2.08. The van der Waals surface area contributed by atoms with Crippen molar-refractivity contribution in [2.24, 2.45) is 0 Å². The van der Waals surface area contributed by atoms with Crippen LogP contribution in [-0.4, -0.2) is 18.0 Å². The van der Waals surface area contributed by atoms with Crippen molar-refractivity contribution in [1.82, 2.24) is 4.90 Å². The Morgan fingerprint density at radius 1 is 1.06 bits per heavy atom. The summed E-state index contributed by atoms with van der Waals surface area (Å²) in [4.78, 5) is 2.55. The van der Waals surface area contributed by atoms with Crippen molar-refractivity contribution in [2.75, 3.05) is 18.8 Å². The maximum atomic E-state index is 5.98. The zero-order chi connectivity index (χ0) is 13.4. The van der Waals surface area contributed by atoms with Crippen LogP contribution in [0.2, 0.25) is 0 Å². The summed E-state index contributed by atoms with van der Waals surface area (Å²) < 4.78 is 0. The lowest BCUT2D eigenvalue weighted by Crippen LogP contribution is -2.25. The largest absolute Gasteiger partial charge is 0.399 e. The Morgan fingerprint density at radius 3 is 2.17 bits per heavy atom. The van der Waals surface area contributed by atoms with Crippen molar-refractivity contribution >= 4 is 5.69 Å². The van der Waals surface area contributed by atoms with Gasteiger partial charge in [-0.05, 0) is 50.0 Å². The van der Waals surface area contributed by atoms with Crippen molar-refractivity contribution < 1.29 is 0 Å². The molecular formula is C16H28N2. The molecule has 2 N–H and O–H groups in total. The monoisotopic (exact) mass is 248 g/mol. The first kappa shape index (κ1) is 15.0. The normalized spacial score (nSPS) is 11.1. The molecule has 1 aromatic rings. The van der Waals surface area contributed by atoms with Crippen molar-refractivity contribution in [3.63, 3.8) is 0 Å². The predicted molar refractivity (Wildman–Crippen MR) is 80.7 cm³/mol. The van der Waals surface area contributed by atoms with Crippen LogP contribution in [0.4, 0.5) is 5.69 Å². The molecule has 0 aromatic heterocycles. The van der Waals surface area contributed by atoms with Crippen molar-refractivity contribution in [3.05, 3.63) is 29.3 Å². The summed E-state index contributed by atoms with van der Waals surface area (Å²) in [5, 5.41) is 0. The van der Waals surface area contributed by atoms with Gasteiger partial charge >= 0.3 is 0 Å². The summed E-state index contributed by atoms with van der Waals surface area (Å²) in [7, 11) is 0. The molecule has 0 fully saturated rings. The van der Waals surface area contributed by atoms with E-state index in [1.165, 1.54) is 49.9 Å². The van der Waals surface area contributed by atoms with E-state index in [0.29, 0.717) is 0 Å². The Labute approximate surface area is 112 Å². The van der Waals surface area contributed by atoms with Crippen molar-refractivity contribution in [1.29, 1.82) is 0 Å². The topological polar surface area (TPSA) is 29.3 Å². The molecule has 0 unspecified atom stereocenters. The SMILES string of the molecule is CCCCN(CCCC)Cc1ccc(C)c(N)c1. The number of hydrogen-bond acceptors (Lipinski definition) is 2. The number of benzene rings is 1. The molecule has 0 aliphatic heterocycles. The molecule has 0 saturated heterocycles. The van der Waals surface area contributed by atoms with Crippen LogP contribution in [0.15, 0.2) is 18.2 Å². The molecule has 0 heterocycles. The lowest BCUT2D eigenvalue weighted by atomic mass is 10.1. The second kappa shape index (κ2) is 8.15. The summed E-state index contributed by atoms with van der Waals surface area (Å²) in [5.74, 6) is 0. The molecule has 0 aliphatic carbocycles. The number of aryl methyl sites for hydroxylation is 1. The number of rotatable bonds is 8. The average Bonchev–Trinajstić information content (AvgIpc) is 2.37. The van der Waals surface area contributed by atoms with E-state index in [1.807, 2.05) is 0 Å². The summed E-state index contributed by atoms with van der Waals surface area (Å²) >= 11 is 0. The highest BCUT2D eigenvalue weighted by atomic mass is 15.1. The number of anilines is 1. The van der Waals surface area contributed by atoms with E-state index in [2.05, 4.69) is 43.9 Å². The molecular weight excluding hydrogens is 220 g/mol. The van der Waals surface area contributed by atoms with E-state index < -0.39 is 0 Å². The number of unbranched alkanes of at least 4 members (excludes halogenated alkanes) is 2. The lowest BCUT2D eigenvalue weighted by molar-refractivity contribution is 0.257. The molecule has 0 atom stereocenters. The molecule has 0 radical (unpaired) electrons. The van der Waals surface area contributed by atoms with E-state index in [1.54, 1.807) is 0 Å². The molecule has 2 nitrogen and oxygen atoms in total.